The summed E-state index contributed by atoms with van der Waals surface area (Å²) in [5.41, 5.74) is 1.10. The summed E-state index contributed by atoms with van der Waals surface area (Å²) in [6, 6.07) is 8.62. The highest BCUT2D eigenvalue weighted by molar-refractivity contribution is 5.74. The van der Waals surface area contributed by atoms with Gasteiger partial charge in [0.25, 0.3) is 6.01 Å². The molecule has 0 radical (unpaired) electrons. The highest BCUT2D eigenvalue weighted by atomic mass is 19.1. The van der Waals surface area contributed by atoms with Crippen molar-refractivity contribution in [1.82, 2.24) is 15.3 Å². The Labute approximate surface area is 138 Å². The number of pyridine rings is 1. The van der Waals surface area contributed by atoms with Gasteiger partial charge in [0.2, 0.25) is 0 Å². The molecule has 0 spiro atoms. The van der Waals surface area contributed by atoms with Crippen molar-refractivity contribution in [2.45, 2.75) is 6.04 Å². The molecule has 7 heteroatoms. The number of hydrogen-bond donors (Lipinski definition) is 1. The molecule has 1 fully saturated rings. The van der Waals surface area contributed by atoms with E-state index in [1.807, 2.05) is 12.1 Å². The van der Waals surface area contributed by atoms with Gasteiger partial charge in [0, 0.05) is 31.9 Å². The van der Waals surface area contributed by atoms with Crippen LogP contribution in [-0.4, -0.2) is 42.3 Å². The molecule has 1 aliphatic heterocycles. The van der Waals surface area contributed by atoms with Crippen molar-refractivity contribution in [3.05, 3.63) is 48.5 Å². The van der Waals surface area contributed by atoms with Gasteiger partial charge in [0.15, 0.2) is 5.58 Å². The van der Waals surface area contributed by atoms with Crippen LogP contribution in [0.5, 0.6) is 5.75 Å². The Bertz CT molecular complexity index is 824. The smallest absolute Gasteiger partial charge is 0.298 e. The van der Waals surface area contributed by atoms with E-state index < -0.39 is 0 Å². The van der Waals surface area contributed by atoms with Gasteiger partial charge in [0.1, 0.15) is 23.7 Å². The molecule has 1 atom stereocenters. The van der Waals surface area contributed by atoms with Gasteiger partial charge < -0.3 is 19.4 Å². The van der Waals surface area contributed by atoms with E-state index in [1.54, 1.807) is 18.5 Å². The molecule has 1 saturated heterocycles. The summed E-state index contributed by atoms with van der Waals surface area (Å²) in [5, 5.41) is 3.35. The number of benzene rings is 1. The monoisotopic (exact) mass is 328 g/mol. The topological polar surface area (TPSA) is 63.4 Å². The molecule has 3 aromatic rings. The fourth-order valence-electron chi connectivity index (χ4n) is 2.80. The molecule has 1 aromatic carbocycles. The van der Waals surface area contributed by atoms with Crippen LogP contribution in [0.2, 0.25) is 0 Å². The number of halogens is 1. The van der Waals surface area contributed by atoms with Crippen molar-refractivity contribution in [2.24, 2.45) is 0 Å². The first-order valence-electron chi connectivity index (χ1n) is 7.86. The molecule has 3 heterocycles. The van der Waals surface area contributed by atoms with E-state index >= 15 is 0 Å². The number of rotatable bonds is 4. The third kappa shape index (κ3) is 3.03. The lowest BCUT2D eigenvalue weighted by Gasteiger charge is -2.34. The zero-order valence-corrected chi connectivity index (χ0v) is 13.0. The van der Waals surface area contributed by atoms with Crippen molar-refractivity contribution in [1.29, 1.82) is 0 Å². The minimum absolute atomic E-state index is 0.0665. The van der Waals surface area contributed by atoms with Crippen LogP contribution in [0, 0.1) is 5.82 Å². The molecule has 2 aromatic heterocycles. The Hall–Kier alpha value is -2.67. The van der Waals surface area contributed by atoms with Crippen molar-refractivity contribution < 1.29 is 13.5 Å². The lowest BCUT2D eigenvalue weighted by Crippen LogP contribution is -2.54. The van der Waals surface area contributed by atoms with E-state index in [2.05, 4.69) is 20.2 Å². The maximum atomic E-state index is 13.3. The lowest BCUT2D eigenvalue weighted by molar-refractivity contribution is 0.261. The molecule has 1 unspecified atom stereocenters. The Morgan fingerprint density at radius 3 is 3.21 bits per heavy atom. The zero-order valence-electron chi connectivity index (χ0n) is 13.0. The van der Waals surface area contributed by atoms with Gasteiger partial charge in [-0.15, -0.1) is 0 Å². The Morgan fingerprint density at radius 2 is 2.33 bits per heavy atom. The molecule has 1 N–H and O–H groups in total. The molecule has 1 aliphatic rings. The second-order valence-electron chi connectivity index (χ2n) is 5.66. The van der Waals surface area contributed by atoms with Gasteiger partial charge in [-0.25, -0.2) is 4.39 Å². The summed E-state index contributed by atoms with van der Waals surface area (Å²) in [6.07, 6.45) is 3.39. The van der Waals surface area contributed by atoms with Crippen molar-refractivity contribution in [2.75, 3.05) is 31.1 Å². The summed E-state index contributed by atoms with van der Waals surface area (Å²) in [6.45, 7) is 2.81. The molecule has 0 bridgehead atoms. The normalized spacial score (nSPS) is 18.0. The van der Waals surface area contributed by atoms with Crippen molar-refractivity contribution >= 4 is 17.1 Å². The van der Waals surface area contributed by atoms with Gasteiger partial charge in [-0.2, -0.15) is 4.98 Å². The first-order valence-corrected chi connectivity index (χ1v) is 7.86. The molecule has 0 saturated carbocycles. The standard InChI is InChI=1S/C17H17FN4O2/c18-12-3-4-16-15(8-12)21-17(24-16)22-7-6-20-9-13(22)11-23-14-2-1-5-19-10-14/h1-5,8,10,13,20H,6-7,9,11H2. The predicted octanol–water partition coefficient (Wildman–Crippen LogP) is 2.22. The third-order valence-electron chi connectivity index (χ3n) is 4.01. The molecule has 6 nitrogen and oxygen atoms in total. The Balaban J connectivity index is 1.54. The van der Waals surface area contributed by atoms with Crippen molar-refractivity contribution in [3.8, 4) is 5.75 Å². The molecule has 0 aliphatic carbocycles. The zero-order chi connectivity index (χ0) is 16.4. The van der Waals surface area contributed by atoms with E-state index in [1.165, 1.54) is 12.1 Å². The van der Waals surface area contributed by atoms with E-state index in [9.17, 15) is 4.39 Å². The molecule has 124 valence electrons. The third-order valence-corrected chi connectivity index (χ3v) is 4.01. The number of oxazole rings is 1. The van der Waals surface area contributed by atoms with Crippen LogP contribution in [0.15, 0.2) is 47.1 Å². The largest absolute Gasteiger partial charge is 0.490 e. The maximum Gasteiger partial charge on any atom is 0.298 e. The molecular formula is C17H17FN4O2. The number of hydrogen-bond acceptors (Lipinski definition) is 6. The molecular weight excluding hydrogens is 311 g/mol. The highest BCUT2D eigenvalue weighted by Crippen LogP contribution is 2.25. The summed E-state index contributed by atoms with van der Waals surface area (Å²) in [4.78, 5) is 10.5. The number of ether oxygens (including phenoxy) is 1. The fraction of sp³-hybridized carbons (Fsp3) is 0.294. The van der Waals surface area contributed by atoms with Gasteiger partial charge >= 0.3 is 0 Å². The number of nitrogens with one attached hydrogen (secondary N) is 1. The number of aromatic nitrogens is 2. The van der Waals surface area contributed by atoms with Crippen LogP contribution in [0.4, 0.5) is 10.4 Å². The number of fused-ring (bicyclic) bond motifs is 1. The summed E-state index contributed by atoms with van der Waals surface area (Å²) in [5.74, 6) is 0.404. The Morgan fingerprint density at radius 1 is 1.38 bits per heavy atom. The molecule has 24 heavy (non-hydrogen) atoms. The number of piperazine rings is 1. The summed E-state index contributed by atoms with van der Waals surface area (Å²) >= 11 is 0. The Kier molecular flexibility index (Phi) is 4.00. The SMILES string of the molecule is Fc1ccc2oc(N3CCNCC3COc3cccnc3)nc2c1. The van der Waals surface area contributed by atoms with Gasteiger partial charge in [-0.05, 0) is 24.3 Å². The second-order valence-corrected chi connectivity index (χ2v) is 5.66. The van der Waals surface area contributed by atoms with Gasteiger partial charge in [-0.1, -0.05) is 0 Å². The van der Waals surface area contributed by atoms with E-state index in [0.29, 0.717) is 23.7 Å². The van der Waals surface area contributed by atoms with Crippen LogP contribution in [0.3, 0.4) is 0 Å². The van der Waals surface area contributed by atoms with Crippen LogP contribution in [-0.2, 0) is 0 Å². The van der Waals surface area contributed by atoms with Gasteiger partial charge in [-0.3, -0.25) is 4.98 Å². The molecule has 0 amide bonds. The van der Waals surface area contributed by atoms with E-state index in [4.69, 9.17) is 9.15 Å². The van der Waals surface area contributed by atoms with Gasteiger partial charge in [0.05, 0.1) is 12.2 Å². The second kappa shape index (κ2) is 6.45. The average Bonchev–Trinajstić information content (AvgIpc) is 3.04. The lowest BCUT2D eigenvalue weighted by atomic mass is 10.2. The predicted molar refractivity (Wildman–Crippen MR) is 87.7 cm³/mol. The van der Waals surface area contributed by atoms with Crippen molar-refractivity contribution in [3.63, 3.8) is 0 Å². The maximum absolute atomic E-state index is 13.3. The summed E-state index contributed by atoms with van der Waals surface area (Å²) < 4.78 is 25.0. The highest BCUT2D eigenvalue weighted by Gasteiger charge is 2.27. The first-order chi connectivity index (χ1) is 11.8. The number of nitrogens with zero attached hydrogens (tertiary/aromatic N) is 3. The average molecular weight is 328 g/mol. The fourth-order valence-corrected chi connectivity index (χ4v) is 2.80. The number of anilines is 1. The van der Waals surface area contributed by atoms with Crippen LogP contribution >= 0.6 is 0 Å². The quantitative estimate of drug-likeness (QED) is 0.792. The first kappa shape index (κ1) is 14.9. The van der Waals surface area contributed by atoms with E-state index in [0.717, 1.165) is 25.4 Å². The summed E-state index contributed by atoms with van der Waals surface area (Å²) in [7, 11) is 0. The van der Waals surface area contributed by atoms with Crippen LogP contribution in [0.1, 0.15) is 0 Å². The molecule has 4 rings (SSSR count). The minimum atomic E-state index is -0.320. The minimum Gasteiger partial charge on any atom is -0.490 e. The van der Waals surface area contributed by atoms with Crippen LogP contribution < -0.4 is 15.0 Å². The van der Waals surface area contributed by atoms with Crippen LogP contribution in [0.25, 0.3) is 11.1 Å². The van der Waals surface area contributed by atoms with E-state index in [-0.39, 0.29) is 11.9 Å².